The molecule has 7 aromatic rings. The molecule has 4 aliphatic carbocycles. The van der Waals surface area contributed by atoms with E-state index in [1.807, 2.05) is 84.9 Å². The molecular formula is C48H38N4. The highest BCUT2D eigenvalue weighted by atomic mass is 15.0. The second-order valence-corrected chi connectivity index (χ2v) is 15.4. The van der Waals surface area contributed by atoms with Gasteiger partial charge in [-0.25, -0.2) is 15.0 Å². The molecule has 0 spiro atoms. The molecule has 0 amide bonds. The molecule has 0 N–H and O–H groups in total. The number of nitrogens with zero attached hydrogens (tertiary/aromatic N) is 4. The van der Waals surface area contributed by atoms with Gasteiger partial charge >= 0.3 is 0 Å². The molecule has 0 atom stereocenters. The smallest absolute Gasteiger partial charge is 0.164 e. The maximum Gasteiger partial charge on any atom is 0.164 e. The van der Waals surface area contributed by atoms with E-state index >= 15 is 0 Å². The molecule has 4 nitrogen and oxygen atoms in total. The predicted molar refractivity (Wildman–Crippen MR) is 209 cm³/mol. The Balaban J connectivity index is 1.17. The third kappa shape index (κ3) is 5.40. The van der Waals surface area contributed by atoms with Gasteiger partial charge in [0.1, 0.15) is 0 Å². The minimum Gasteiger partial charge on any atom is -0.208 e. The van der Waals surface area contributed by atoms with Crippen LogP contribution in [0.15, 0.2) is 140 Å². The van der Waals surface area contributed by atoms with Gasteiger partial charge in [-0.2, -0.15) is 5.26 Å². The Morgan fingerprint density at radius 1 is 0.462 bits per heavy atom. The largest absolute Gasteiger partial charge is 0.208 e. The molecule has 0 aliphatic heterocycles. The molecule has 11 rings (SSSR count). The van der Waals surface area contributed by atoms with Gasteiger partial charge in [-0.15, -0.1) is 0 Å². The van der Waals surface area contributed by atoms with Gasteiger partial charge in [-0.1, -0.05) is 109 Å². The van der Waals surface area contributed by atoms with Crippen molar-refractivity contribution in [3.63, 3.8) is 0 Å². The predicted octanol–water partition coefficient (Wildman–Crippen LogP) is 11.7. The van der Waals surface area contributed by atoms with Gasteiger partial charge in [0.2, 0.25) is 0 Å². The molecule has 0 saturated heterocycles. The van der Waals surface area contributed by atoms with Crippen molar-refractivity contribution in [2.45, 2.75) is 43.9 Å². The number of fused-ring (bicyclic) bond motifs is 1. The number of benzene rings is 6. The number of rotatable bonds is 6. The van der Waals surface area contributed by atoms with E-state index in [0.717, 1.165) is 51.1 Å². The molecule has 1 aromatic heterocycles. The summed E-state index contributed by atoms with van der Waals surface area (Å²) in [5.74, 6) is 4.56. The molecule has 0 unspecified atom stereocenters. The summed E-state index contributed by atoms with van der Waals surface area (Å²) in [6.07, 6.45) is 8.34. The van der Waals surface area contributed by atoms with Gasteiger partial charge in [-0.3, -0.25) is 0 Å². The quantitative estimate of drug-likeness (QED) is 0.177. The van der Waals surface area contributed by atoms with Crippen LogP contribution in [-0.4, -0.2) is 15.0 Å². The summed E-state index contributed by atoms with van der Waals surface area (Å²) >= 11 is 0. The van der Waals surface area contributed by atoms with E-state index in [1.54, 1.807) is 5.56 Å². The van der Waals surface area contributed by atoms with Crippen molar-refractivity contribution in [1.82, 2.24) is 15.0 Å². The lowest BCUT2D eigenvalue weighted by molar-refractivity contribution is -0.00449. The topological polar surface area (TPSA) is 62.5 Å². The lowest BCUT2D eigenvalue weighted by atomic mass is 9.47. The fraction of sp³-hybridized carbons (Fsp3) is 0.208. The maximum atomic E-state index is 9.54. The molecule has 4 bridgehead atoms. The number of hydrogen-bond acceptors (Lipinski definition) is 4. The van der Waals surface area contributed by atoms with Gasteiger partial charge in [0, 0.05) is 16.7 Å². The molecule has 4 aliphatic rings. The summed E-state index contributed by atoms with van der Waals surface area (Å²) in [6, 6.07) is 51.0. The van der Waals surface area contributed by atoms with Crippen molar-refractivity contribution in [3.05, 3.63) is 151 Å². The van der Waals surface area contributed by atoms with Gasteiger partial charge in [0.15, 0.2) is 17.5 Å². The van der Waals surface area contributed by atoms with Gasteiger partial charge in [-0.05, 0) is 131 Å². The summed E-state index contributed by atoms with van der Waals surface area (Å²) < 4.78 is 0. The first-order valence-corrected chi connectivity index (χ1v) is 18.7. The van der Waals surface area contributed by atoms with Crippen LogP contribution in [0.4, 0.5) is 0 Å². The monoisotopic (exact) mass is 670 g/mol. The van der Waals surface area contributed by atoms with Crippen molar-refractivity contribution >= 4 is 10.8 Å². The van der Waals surface area contributed by atoms with Crippen LogP contribution >= 0.6 is 0 Å². The lowest BCUT2D eigenvalue weighted by Gasteiger charge is -2.57. The normalized spacial score (nSPS) is 21.6. The van der Waals surface area contributed by atoms with Crippen LogP contribution in [0.25, 0.3) is 67.2 Å². The zero-order valence-corrected chi connectivity index (χ0v) is 29.0. The van der Waals surface area contributed by atoms with Crippen LogP contribution in [0.3, 0.4) is 0 Å². The Morgan fingerprint density at radius 3 is 1.54 bits per heavy atom. The Kier molecular flexibility index (Phi) is 7.35. The molecule has 4 fully saturated rings. The summed E-state index contributed by atoms with van der Waals surface area (Å²) in [5.41, 5.74) is 9.73. The Morgan fingerprint density at radius 2 is 0.962 bits per heavy atom. The Labute approximate surface area is 304 Å². The highest BCUT2D eigenvalue weighted by Crippen LogP contribution is 2.61. The van der Waals surface area contributed by atoms with Crippen molar-refractivity contribution in [3.8, 4) is 62.5 Å². The second kappa shape index (κ2) is 12.4. The average molecular weight is 671 g/mol. The maximum absolute atomic E-state index is 9.54. The van der Waals surface area contributed by atoms with Crippen LogP contribution in [0.5, 0.6) is 0 Å². The van der Waals surface area contributed by atoms with Crippen LogP contribution in [0, 0.1) is 29.1 Å². The van der Waals surface area contributed by atoms with E-state index in [9.17, 15) is 5.26 Å². The molecule has 1 heterocycles. The molecule has 0 radical (unpaired) electrons. The van der Waals surface area contributed by atoms with Crippen molar-refractivity contribution in [1.29, 1.82) is 5.26 Å². The molecule has 4 heteroatoms. The summed E-state index contributed by atoms with van der Waals surface area (Å²) in [7, 11) is 0. The second-order valence-electron chi connectivity index (χ2n) is 15.4. The zero-order valence-electron chi connectivity index (χ0n) is 29.0. The van der Waals surface area contributed by atoms with E-state index < -0.39 is 0 Å². The van der Waals surface area contributed by atoms with Crippen LogP contribution < -0.4 is 0 Å². The minimum atomic E-state index is 0.301. The Bertz CT molecular complexity index is 2400. The third-order valence-corrected chi connectivity index (χ3v) is 12.1. The van der Waals surface area contributed by atoms with E-state index in [4.69, 9.17) is 15.0 Å². The Hall–Kier alpha value is -5.92. The van der Waals surface area contributed by atoms with E-state index in [-0.39, 0.29) is 0 Å². The number of nitriles is 1. The van der Waals surface area contributed by atoms with Gasteiger partial charge in [0.25, 0.3) is 0 Å². The van der Waals surface area contributed by atoms with E-state index in [0.29, 0.717) is 28.5 Å². The van der Waals surface area contributed by atoms with Gasteiger partial charge in [0.05, 0.1) is 11.6 Å². The summed E-state index contributed by atoms with van der Waals surface area (Å²) in [5, 5.41) is 12.2. The zero-order chi connectivity index (χ0) is 34.6. The molecule has 250 valence electrons. The molecular weight excluding hydrogens is 633 g/mol. The van der Waals surface area contributed by atoms with Crippen LogP contribution in [0.2, 0.25) is 0 Å². The SMILES string of the molecule is N#Cc1ccc(-c2cc(-c3nc(-c4ccccc4)nc(-c4ccccc4)n3)cc(-c3ccc(C45CC6CC(CC(C6)C4)C5)c4ccccc34)c2)cc1. The highest BCUT2D eigenvalue weighted by Gasteiger charge is 2.52. The molecule has 4 saturated carbocycles. The first-order chi connectivity index (χ1) is 25.6. The fourth-order valence-corrected chi connectivity index (χ4v) is 10.2. The summed E-state index contributed by atoms with van der Waals surface area (Å²) in [4.78, 5) is 15.2. The minimum absolute atomic E-state index is 0.301. The molecule has 52 heavy (non-hydrogen) atoms. The highest BCUT2D eigenvalue weighted by molar-refractivity contribution is 6.00. The van der Waals surface area contributed by atoms with Crippen LogP contribution in [-0.2, 0) is 5.41 Å². The number of aromatic nitrogens is 3. The van der Waals surface area contributed by atoms with Crippen molar-refractivity contribution in [2.75, 3.05) is 0 Å². The standard InChI is InChI=1S/C48H38N4/c49-30-31-15-17-35(18-16-31)38-24-39(26-40(25-38)47-51-45(36-9-3-1-4-10-36)50-46(52-47)37-11-5-2-6-12-37)41-19-20-44(43-14-8-7-13-42(41)43)48-27-32-21-33(28-48)23-34(22-32)29-48/h1-20,24-26,32-34H,21-23,27-29H2. The third-order valence-electron chi connectivity index (χ3n) is 12.1. The van der Waals surface area contributed by atoms with Crippen LogP contribution in [0.1, 0.15) is 49.7 Å². The summed E-state index contributed by atoms with van der Waals surface area (Å²) in [6.45, 7) is 0. The van der Waals surface area contributed by atoms with Gasteiger partial charge < -0.3 is 0 Å². The first-order valence-electron chi connectivity index (χ1n) is 18.7. The first kappa shape index (κ1) is 30.9. The number of hydrogen-bond donors (Lipinski definition) is 0. The lowest BCUT2D eigenvalue weighted by Crippen LogP contribution is -2.48. The fourth-order valence-electron chi connectivity index (χ4n) is 10.2. The van der Waals surface area contributed by atoms with Crippen molar-refractivity contribution < 1.29 is 0 Å². The van der Waals surface area contributed by atoms with E-state index in [1.165, 1.54) is 54.9 Å². The average Bonchev–Trinajstić information content (AvgIpc) is 3.20. The molecule has 6 aromatic carbocycles. The van der Waals surface area contributed by atoms with E-state index in [2.05, 4.69) is 60.7 Å². The van der Waals surface area contributed by atoms with Crippen molar-refractivity contribution in [2.24, 2.45) is 17.8 Å².